The highest BCUT2D eigenvalue weighted by Gasteiger charge is 2.24. The Balaban J connectivity index is 1.73. The third kappa shape index (κ3) is 2.74. The zero-order chi connectivity index (χ0) is 13.1. The first kappa shape index (κ1) is 12.5. The fourth-order valence-electron chi connectivity index (χ4n) is 2.09. The van der Waals surface area contributed by atoms with Crippen LogP contribution < -0.4 is 4.90 Å². The van der Waals surface area contributed by atoms with Gasteiger partial charge in [-0.2, -0.15) is 0 Å². The van der Waals surface area contributed by atoms with Gasteiger partial charge in [0.15, 0.2) is 5.82 Å². The summed E-state index contributed by atoms with van der Waals surface area (Å²) in [6.45, 7) is 2.22. The predicted molar refractivity (Wildman–Crippen MR) is 73.4 cm³/mol. The van der Waals surface area contributed by atoms with Gasteiger partial charge in [-0.05, 0) is 30.5 Å². The summed E-state index contributed by atoms with van der Waals surface area (Å²) < 4.78 is 11.1. The van der Waals surface area contributed by atoms with Gasteiger partial charge in [0, 0.05) is 6.54 Å². The Kier molecular flexibility index (Phi) is 3.70. The Morgan fingerprint density at radius 2 is 2.26 bits per heavy atom. The minimum atomic E-state index is -0.0363. The van der Waals surface area contributed by atoms with Crippen molar-refractivity contribution in [1.82, 2.24) is 10.2 Å². The highest BCUT2D eigenvalue weighted by atomic mass is 32.2. The lowest BCUT2D eigenvalue weighted by molar-refractivity contribution is 0.0254. The molecule has 1 fully saturated rings. The summed E-state index contributed by atoms with van der Waals surface area (Å²) in [6.07, 6.45) is 3.63. The lowest BCUT2D eigenvalue weighted by Gasteiger charge is -2.32. The minimum absolute atomic E-state index is 0.0363. The fourth-order valence-corrected chi connectivity index (χ4v) is 2.42. The number of rotatable bonds is 3. The van der Waals surface area contributed by atoms with Gasteiger partial charge in [-0.3, -0.25) is 0 Å². The van der Waals surface area contributed by atoms with Crippen LogP contribution in [0.25, 0.3) is 0 Å². The third-order valence-electron chi connectivity index (χ3n) is 3.09. The molecule has 3 heterocycles. The molecule has 100 valence electrons. The van der Waals surface area contributed by atoms with Gasteiger partial charge in [-0.25, -0.2) is 0 Å². The SMILES string of the molecule is CSc1ccc(N2CCOC(c3ccco3)C2)nn1. The molecule has 2 aromatic heterocycles. The second kappa shape index (κ2) is 5.63. The van der Waals surface area contributed by atoms with Crippen LogP contribution in [-0.2, 0) is 4.74 Å². The molecule has 0 radical (unpaired) electrons. The number of ether oxygens (including phenoxy) is 1. The molecule has 1 atom stereocenters. The second-order valence-corrected chi connectivity index (χ2v) is 5.08. The van der Waals surface area contributed by atoms with Crippen molar-refractivity contribution in [2.75, 3.05) is 30.9 Å². The van der Waals surface area contributed by atoms with E-state index in [1.54, 1.807) is 18.0 Å². The lowest BCUT2D eigenvalue weighted by Crippen LogP contribution is -2.38. The molecule has 19 heavy (non-hydrogen) atoms. The number of hydrogen-bond donors (Lipinski definition) is 0. The average molecular weight is 277 g/mol. The maximum Gasteiger partial charge on any atom is 0.151 e. The molecule has 6 heteroatoms. The van der Waals surface area contributed by atoms with Crippen molar-refractivity contribution >= 4 is 17.6 Å². The number of aromatic nitrogens is 2. The second-order valence-electron chi connectivity index (χ2n) is 4.25. The molecule has 0 bridgehead atoms. The highest BCUT2D eigenvalue weighted by Crippen LogP contribution is 2.25. The van der Waals surface area contributed by atoms with Crippen molar-refractivity contribution in [3.63, 3.8) is 0 Å². The Bertz CT molecular complexity index is 515. The topological polar surface area (TPSA) is 51.4 Å². The molecule has 2 aromatic rings. The molecule has 0 spiro atoms. The summed E-state index contributed by atoms with van der Waals surface area (Å²) in [5.74, 6) is 1.75. The van der Waals surface area contributed by atoms with Crippen LogP contribution >= 0.6 is 11.8 Å². The zero-order valence-electron chi connectivity index (χ0n) is 10.7. The largest absolute Gasteiger partial charge is 0.467 e. The van der Waals surface area contributed by atoms with E-state index < -0.39 is 0 Å². The van der Waals surface area contributed by atoms with E-state index in [9.17, 15) is 0 Å². The Labute approximate surface area is 116 Å². The van der Waals surface area contributed by atoms with Gasteiger partial charge in [0.25, 0.3) is 0 Å². The molecule has 1 aliphatic rings. The number of anilines is 1. The number of nitrogens with zero attached hydrogens (tertiary/aromatic N) is 3. The number of morpholine rings is 1. The van der Waals surface area contributed by atoms with Crippen molar-refractivity contribution in [2.45, 2.75) is 11.1 Å². The molecular formula is C13H15N3O2S. The van der Waals surface area contributed by atoms with E-state index in [1.807, 2.05) is 30.5 Å². The highest BCUT2D eigenvalue weighted by molar-refractivity contribution is 7.98. The lowest BCUT2D eigenvalue weighted by atomic mass is 10.2. The summed E-state index contributed by atoms with van der Waals surface area (Å²) in [6, 6.07) is 7.81. The van der Waals surface area contributed by atoms with Gasteiger partial charge in [-0.15, -0.1) is 22.0 Å². The van der Waals surface area contributed by atoms with Crippen molar-refractivity contribution in [3.8, 4) is 0 Å². The number of furan rings is 1. The summed E-state index contributed by atoms with van der Waals surface area (Å²) in [5, 5.41) is 9.36. The monoisotopic (exact) mass is 277 g/mol. The van der Waals surface area contributed by atoms with Crippen LogP contribution in [0.1, 0.15) is 11.9 Å². The maximum absolute atomic E-state index is 5.73. The molecule has 0 amide bonds. The standard InChI is InChI=1S/C13H15N3O2S/c1-19-13-5-4-12(14-15-13)16-6-8-18-11(9-16)10-3-2-7-17-10/h2-5,7,11H,6,8-9H2,1H3. The van der Waals surface area contributed by atoms with Gasteiger partial charge >= 0.3 is 0 Å². The molecule has 0 N–H and O–H groups in total. The first-order valence-corrected chi connectivity index (χ1v) is 7.37. The minimum Gasteiger partial charge on any atom is -0.467 e. The van der Waals surface area contributed by atoms with Crippen molar-refractivity contribution in [3.05, 3.63) is 36.3 Å². The molecule has 0 aromatic carbocycles. The van der Waals surface area contributed by atoms with E-state index in [0.29, 0.717) is 6.61 Å². The van der Waals surface area contributed by atoms with Gasteiger partial charge in [-0.1, -0.05) is 0 Å². The zero-order valence-corrected chi connectivity index (χ0v) is 11.5. The van der Waals surface area contributed by atoms with Crippen LogP contribution in [-0.4, -0.2) is 36.1 Å². The Morgan fingerprint density at radius 1 is 1.32 bits per heavy atom. The van der Waals surface area contributed by atoms with Gasteiger partial charge in [0.05, 0.1) is 19.4 Å². The number of hydrogen-bond acceptors (Lipinski definition) is 6. The van der Waals surface area contributed by atoms with Crippen molar-refractivity contribution in [1.29, 1.82) is 0 Å². The molecule has 0 aliphatic carbocycles. The average Bonchev–Trinajstić information content (AvgIpc) is 3.02. The quantitative estimate of drug-likeness (QED) is 0.803. The van der Waals surface area contributed by atoms with E-state index >= 15 is 0 Å². The first-order chi connectivity index (χ1) is 9.36. The molecule has 1 unspecified atom stereocenters. The van der Waals surface area contributed by atoms with Gasteiger partial charge in [0.1, 0.15) is 16.9 Å². The van der Waals surface area contributed by atoms with Crippen molar-refractivity contribution in [2.24, 2.45) is 0 Å². The molecule has 3 rings (SSSR count). The first-order valence-electron chi connectivity index (χ1n) is 6.14. The predicted octanol–water partition coefficient (Wildman–Crippen LogP) is 2.37. The summed E-state index contributed by atoms with van der Waals surface area (Å²) >= 11 is 1.59. The summed E-state index contributed by atoms with van der Waals surface area (Å²) in [5.41, 5.74) is 0. The van der Waals surface area contributed by atoms with E-state index in [0.717, 1.165) is 29.7 Å². The molecule has 1 saturated heterocycles. The van der Waals surface area contributed by atoms with Crippen LogP contribution in [0.5, 0.6) is 0 Å². The third-order valence-corrected chi connectivity index (χ3v) is 3.72. The fraction of sp³-hybridized carbons (Fsp3) is 0.385. The van der Waals surface area contributed by atoms with Crippen LogP contribution in [0.15, 0.2) is 40.0 Å². The summed E-state index contributed by atoms with van der Waals surface area (Å²) in [4.78, 5) is 2.17. The van der Waals surface area contributed by atoms with Crippen LogP contribution in [0.3, 0.4) is 0 Å². The molecule has 5 nitrogen and oxygen atoms in total. The molecule has 1 aliphatic heterocycles. The summed E-state index contributed by atoms with van der Waals surface area (Å²) in [7, 11) is 0. The van der Waals surface area contributed by atoms with E-state index in [1.165, 1.54) is 0 Å². The van der Waals surface area contributed by atoms with Crippen LogP contribution in [0.4, 0.5) is 5.82 Å². The van der Waals surface area contributed by atoms with E-state index in [-0.39, 0.29) is 6.10 Å². The van der Waals surface area contributed by atoms with Crippen LogP contribution in [0, 0.1) is 0 Å². The maximum atomic E-state index is 5.73. The van der Waals surface area contributed by atoms with Gasteiger partial charge < -0.3 is 14.1 Å². The normalized spacial score (nSPS) is 19.6. The van der Waals surface area contributed by atoms with E-state index in [4.69, 9.17) is 9.15 Å². The Morgan fingerprint density at radius 3 is 2.95 bits per heavy atom. The number of thioether (sulfide) groups is 1. The van der Waals surface area contributed by atoms with E-state index in [2.05, 4.69) is 15.1 Å². The van der Waals surface area contributed by atoms with Gasteiger partial charge in [0.2, 0.25) is 0 Å². The van der Waals surface area contributed by atoms with Crippen LogP contribution in [0.2, 0.25) is 0 Å². The Hall–Kier alpha value is -1.53. The molecular weight excluding hydrogens is 262 g/mol. The van der Waals surface area contributed by atoms with Crippen molar-refractivity contribution < 1.29 is 9.15 Å². The molecule has 0 saturated carbocycles. The smallest absolute Gasteiger partial charge is 0.151 e.